The smallest absolute Gasteiger partial charge is 0.329 e. The van der Waals surface area contributed by atoms with Crippen molar-refractivity contribution in [2.24, 2.45) is 17.1 Å². The van der Waals surface area contributed by atoms with E-state index in [4.69, 9.17) is 5.73 Å². The van der Waals surface area contributed by atoms with Gasteiger partial charge in [0.2, 0.25) is 5.91 Å². The molecular weight excluding hydrogens is 268 g/mol. The van der Waals surface area contributed by atoms with Gasteiger partial charge in [-0.15, -0.1) is 0 Å². The summed E-state index contributed by atoms with van der Waals surface area (Å²) in [5, 5.41) is 12.5. The number of carbonyl (C=O) groups excluding carboxylic acids is 1. The summed E-state index contributed by atoms with van der Waals surface area (Å²) in [5.74, 6) is -0.409. The molecule has 0 radical (unpaired) electrons. The highest BCUT2D eigenvalue weighted by molar-refractivity contribution is 5.90. The SMILES string of the molecule is CC1CCC(CN)(C(=O)NC2(C(=O)O)CCCCC2)CC1. The maximum atomic E-state index is 12.8. The molecule has 0 aromatic carbocycles. The van der Waals surface area contributed by atoms with E-state index < -0.39 is 16.9 Å². The number of rotatable bonds is 4. The van der Waals surface area contributed by atoms with Crippen LogP contribution in [0.5, 0.6) is 0 Å². The third-order valence-electron chi connectivity index (χ3n) is 5.57. The molecule has 2 fully saturated rings. The normalized spacial score (nSPS) is 32.4. The van der Waals surface area contributed by atoms with Crippen LogP contribution < -0.4 is 11.1 Å². The number of nitrogens with two attached hydrogens (primary N) is 1. The first-order chi connectivity index (χ1) is 9.94. The molecule has 2 rings (SSSR count). The largest absolute Gasteiger partial charge is 0.480 e. The van der Waals surface area contributed by atoms with E-state index in [1.165, 1.54) is 0 Å². The van der Waals surface area contributed by atoms with Gasteiger partial charge < -0.3 is 16.2 Å². The highest BCUT2D eigenvalue weighted by atomic mass is 16.4. The number of amides is 1. The van der Waals surface area contributed by atoms with Gasteiger partial charge >= 0.3 is 5.97 Å². The molecule has 0 heterocycles. The number of aliphatic carboxylic acids is 1. The Bertz CT molecular complexity index is 394. The average molecular weight is 296 g/mol. The Labute approximate surface area is 126 Å². The van der Waals surface area contributed by atoms with Crippen LogP contribution in [-0.2, 0) is 9.59 Å². The molecule has 2 aliphatic rings. The molecule has 0 aliphatic heterocycles. The Hall–Kier alpha value is -1.10. The molecule has 0 saturated heterocycles. The standard InChI is InChI=1S/C16H28N2O3/c1-12-5-9-15(11-17,10-6-12)13(19)18-16(14(20)21)7-3-2-4-8-16/h12H,2-11,17H2,1H3,(H,18,19)(H,20,21). The van der Waals surface area contributed by atoms with Gasteiger partial charge in [0.1, 0.15) is 5.54 Å². The molecule has 0 spiro atoms. The first-order valence-electron chi connectivity index (χ1n) is 8.20. The fraction of sp³-hybridized carbons (Fsp3) is 0.875. The van der Waals surface area contributed by atoms with Gasteiger partial charge in [0.15, 0.2) is 0 Å². The maximum absolute atomic E-state index is 12.8. The highest BCUT2D eigenvalue weighted by Crippen LogP contribution is 2.39. The number of carbonyl (C=O) groups is 2. The highest BCUT2D eigenvalue weighted by Gasteiger charge is 2.47. The van der Waals surface area contributed by atoms with Gasteiger partial charge in [0.05, 0.1) is 5.41 Å². The molecule has 5 heteroatoms. The molecule has 5 nitrogen and oxygen atoms in total. The Kier molecular flexibility index (Phi) is 4.91. The van der Waals surface area contributed by atoms with Gasteiger partial charge in [-0.3, -0.25) is 4.79 Å². The molecule has 2 saturated carbocycles. The van der Waals surface area contributed by atoms with Gasteiger partial charge in [-0.05, 0) is 44.4 Å². The van der Waals surface area contributed by atoms with Crippen LogP contribution in [0.2, 0.25) is 0 Å². The van der Waals surface area contributed by atoms with Gasteiger partial charge in [-0.1, -0.05) is 26.2 Å². The maximum Gasteiger partial charge on any atom is 0.329 e. The van der Waals surface area contributed by atoms with E-state index in [1.807, 2.05) is 0 Å². The molecule has 0 aromatic rings. The van der Waals surface area contributed by atoms with Crippen molar-refractivity contribution in [3.63, 3.8) is 0 Å². The van der Waals surface area contributed by atoms with Crippen LogP contribution in [0.4, 0.5) is 0 Å². The van der Waals surface area contributed by atoms with E-state index in [1.54, 1.807) is 0 Å². The molecule has 0 atom stereocenters. The first kappa shape index (κ1) is 16.3. The summed E-state index contributed by atoms with van der Waals surface area (Å²) >= 11 is 0. The van der Waals surface area contributed by atoms with Crippen molar-refractivity contribution in [1.82, 2.24) is 5.32 Å². The monoisotopic (exact) mass is 296 g/mol. The van der Waals surface area contributed by atoms with Crippen molar-refractivity contribution >= 4 is 11.9 Å². The lowest BCUT2D eigenvalue weighted by Gasteiger charge is -2.41. The summed E-state index contributed by atoms with van der Waals surface area (Å²) in [7, 11) is 0. The third-order valence-corrected chi connectivity index (χ3v) is 5.57. The molecule has 120 valence electrons. The molecular formula is C16H28N2O3. The minimum atomic E-state index is -1.07. The molecule has 0 aromatic heterocycles. The second kappa shape index (κ2) is 6.34. The van der Waals surface area contributed by atoms with E-state index in [9.17, 15) is 14.7 Å². The zero-order chi connectivity index (χ0) is 15.5. The van der Waals surface area contributed by atoms with Crippen molar-refractivity contribution in [2.75, 3.05) is 6.54 Å². The van der Waals surface area contributed by atoms with Gasteiger partial charge in [0, 0.05) is 6.54 Å². The fourth-order valence-corrected chi connectivity index (χ4v) is 3.74. The van der Waals surface area contributed by atoms with Crippen molar-refractivity contribution in [3.05, 3.63) is 0 Å². The van der Waals surface area contributed by atoms with Crippen LogP contribution >= 0.6 is 0 Å². The lowest BCUT2D eigenvalue weighted by atomic mass is 9.69. The summed E-state index contributed by atoms with van der Waals surface area (Å²) in [6.45, 7) is 2.50. The van der Waals surface area contributed by atoms with Crippen molar-refractivity contribution in [1.29, 1.82) is 0 Å². The molecule has 1 amide bonds. The predicted octanol–water partition coefficient (Wildman–Crippen LogP) is 2.05. The Balaban J connectivity index is 2.12. The lowest BCUT2D eigenvalue weighted by molar-refractivity contribution is -0.152. The predicted molar refractivity (Wildman–Crippen MR) is 80.7 cm³/mol. The zero-order valence-corrected chi connectivity index (χ0v) is 13.0. The van der Waals surface area contributed by atoms with E-state index in [-0.39, 0.29) is 5.91 Å². The molecule has 21 heavy (non-hydrogen) atoms. The van der Waals surface area contributed by atoms with Crippen LogP contribution in [0.25, 0.3) is 0 Å². The van der Waals surface area contributed by atoms with E-state index in [0.717, 1.165) is 44.9 Å². The van der Waals surface area contributed by atoms with Crippen LogP contribution in [0, 0.1) is 11.3 Å². The lowest BCUT2D eigenvalue weighted by Crippen LogP contribution is -2.60. The summed E-state index contributed by atoms with van der Waals surface area (Å²) in [6.07, 6.45) is 7.35. The quantitative estimate of drug-likeness (QED) is 0.740. The summed E-state index contributed by atoms with van der Waals surface area (Å²) in [6, 6.07) is 0. The van der Waals surface area contributed by atoms with Crippen molar-refractivity contribution in [2.45, 2.75) is 70.3 Å². The van der Waals surface area contributed by atoms with E-state index >= 15 is 0 Å². The van der Waals surface area contributed by atoms with Crippen molar-refractivity contribution < 1.29 is 14.7 Å². The van der Waals surface area contributed by atoms with Gasteiger partial charge in [-0.2, -0.15) is 0 Å². The Morgan fingerprint density at radius 3 is 2.19 bits per heavy atom. The minimum absolute atomic E-state index is 0.138. The van der Waals surface area contributed by atoms with Crippen LogP contribution in [0.3, 0.4) is 0 Å². The third kappa shape index (κ3) is 3.23. The fourth-order valence-electron chi connectivity index (χ4n) is 3.74. The van der Waals surface area contributed by atoms with Gasteiger partial charge in [0.25, 0.3) is 0 Å². The second-order valence-electron chi connectivity index (χ2n) is 7.07. The number of carboxylic acid groups (broad SMARTS) is 1. The van der Waals surface area contributed by atoms with E-state index in [2.05, 4.69) is 12.2 Å². The summed E-state index contributed by atoms with van der Waals surface area (Å²) in [4.78, 5) is 24.5. The number of carboxylic acids is 1. The minimum Gasteiger partial charge on any atom is -0.480 e. The number of hydrogen-bond acceptors (Lipinski definition) is 3. The van der Waals surface area contributed by atoms with Gasteiger partial charge in [-0.25, -0.2) is 4.79 Å². The molecule has 4 N–H and O–H groups in total. The Morgan fingerprint density at radius 2 is 1.71 bits per heavy atom. The summed E-state index contributed by atoms with van der Waals surface area (Å²) in [5.41, 5.74) is 4.27. The molecule has 0 bridgehead atoms. The molecule has 0 unspecified atom stereocenters. The average Bonchev–Trinajstić information content (AvgIpc) is 2.49. The van der Waals surface area contributed by atoms with E-state index in [0.29, 0.717) is 25.3 Å². The Morgan fingerprint density at radius 1 is 1.14 bits per heavy atom. The van der Waals surface area contributed by atoms with Crippen LogP contribution in [-0.4, -0.2) is 29.1 Å². The summed E-state index contributed by atoms with van der Waals surface area (Å²) < 4.78 is 0. The van der Waals surface area contributed by atoms with Crippen LogP contribution in [0.15, 0.2) is 0 Å². The number of hydrogen-bond donors (Lipinski definition) is 3. The molecule has 2 aliphatic carbocycles. The number of nitrogens with one attached hydrogen (secondary N) is 1. The first-order valence-corrected chi connectivity index (χ1v) is 8.20. The zero-order valence-electron chi connectivity index (χ0n) is 13.0. The van der Waals surface area contributed by atoms with Crippen LogP contribution in [0.1, 0.15) is 64.7 Å². The van der Waals surface area contributed by atoms with Crippen molar-refractivity contribution in [3.8, 4) is 0 Å². The second-order valence-corrected chi connectivity index (χ2v) is 7.07. The topological polar surface area (TPSA) is 92.4 Å².